The maximum Gasteiger partial charge on any atom is 0.263 e. The Bertz CT molecular complexity index is 777. The summed E-state index contributed by atoms with van der Waals surface area (Å²) in [5, 5.41) is 18.3. The van der Waals surface area contributed by atoms with Crippen LogP contribution in [-0.2, 0) is 10.0 Å². The van der Waals surface area contributed by atoms with Gasteiger partial charge in [-0.3, -0.25) is 4.72 Å². The molecule has 1 heterocycles. The van der Waals surface area contributed by atoms with Crippen LogP contribution in [-0.4, -0.2) is 18.5 Å². The number of hydrogen-bond acceptors (Lipinski definition) is 5. The molecule has 7 heteroatoms. The number of nitrogens with one attached hydrogen (secondary N) is 1. The van der Waals surface area contributed by atoms with E-state index in [1.807, 2.05) is 6.07 Å². The van der Waals surface area contributed by atoms with Crippen LogP contribution in [0, 0.1) is 18.3 Å². The molecule has 1 aromatic carbocycles. The molecule has 1 aromatic heterocycles. The summed E-state index contributed by atoms with van der Waals surface area (Å²) in [6.45, 7) is 1.68. The Hall–Kier alpha value is -2.59. The van der Waals surface area contributed by atoms with Gasteiger partial charge >= 0.3 is 0 Å². The van der Waals surface area contributed by atoms with Crippen molar-refractivity contribution in [3.63, 3.8) is 0 Å². The highest BCUT2D eigenvalue weighted by molar-refractivity contribution is 7.92. The van der Waals surface area contributed by atoms with Gasteiger partial charge in [-0.2, -0.15) is 5.26 Å². The van der Waals surface area contributed by atoms with Crippen LogP contribution >= 0.6 is 0 Å². The number of pyridine rings is 1. The number of rotatable bonds is 3. The molecule has 0 amide bonds. The third-order valence-corrected chi connectivity index (χ3v) is 3.89. The van der Waals surface area contributed by atoms with Crippen molar-refractivity contribution in [2.24, 2.45) is 0 Å². The first-order valence-corrected chi connectivity index (χ1v) is 7.10. The van der Waals surface area contributed by atoms with Crippen LogP contribution in [0.3, 0.4) is 0 Å². The number of anilines is 1. The van der Waals surface area contributed by atoms with Crippen LogP contribution < -0.4 is 4.72 Å². The molecule has 0 bridgehead atoms. The Balaban J connectivity index is 2.35. The molecule has 2 rings (SSSR count). The third-order valence-electron chi connectivity index (χ3n) is 2.54. The first kappa shape index (κ1) is 13.8. The second kappa shape index (κ2) is 5.19. The van der Waals surface area contributed by atoms with Gasteiger partial charge in [-0.15, -0.1) is 0 Å². The van der Waals surface area contributed by atoms with E-state index in [1.54, 1.807) is 13.0 Å². The third kappa shape index (κ3) is 2.87. The van der Waals surface area contributed by atoms with Crippen molar-refractivity contribution in [3.8, 4) is 11.8 Å². The van der Waals surface area contributed by atoms with E-state index in [2.05, 4.69) is 9.71 Å². The first-order chi connectivity index (χ1) is 9.42. The lowest BCUT2D eigenvalue weighted by Gasteiger charge is -2.09. The second-order valence-corrected chi connectivity index (χ2v) is 5.74. The van der Waals surface area contributed by atoms with Crippen molar-refractivity contribution in [3.05, 3.63) is 47.7 Å². The maximum atomic E-state index is 12.1. The Labute approximate surface area is 116 Å². The molecule has 20 heavy (non-hydrogen) atoms. The number of sulfonamides is 1. The molecule has 0 aliphatic heterocycles. The molecule has 6 nitrogen and oxygen atoms in total. The Kier molecular flexibility index (Phi) is 3.59. The number of aromatic nitrogens is 1. The van der Waals surface area contributed by atoms with Gasteiger partial charge in [0.05, 0.1) is 16.5 Å². The van der Waals surface area contributed by atoms with Crippen LogP contribution in [0.1, 0.15) is 11.3 Å². The summed E-state index contributed by atoms with van der Waals surface area (Å²) >= 11 is 0. The van der Waals surface area contributed by atoms with Crippen molar-refractivity contribution in [2.75, 3.05) is 4.72 Å². The zero-order valence-corrected chi connectivity index (χ0v) is 11.3. The minimum absolute atomic E-state index is 0.0146. The lowest BCUT2D eigenvalue weighted by atomic mass is 10.2. The van der Waals surface area contributed by atoms with E-state index in [-0.39, 0.29) is 16.5 Å². The minimum Gasteiger partial charge on any atom is -0.504 e. The van der Waals surface area contributed by atoms with Crippen LogP contribution in [0.4, 0.5) is 5.82 Å². The normalized spacial score (nSPS) is 10.8. The maximum absolute atomic E-state index is 12.1. The second-order valence-electron chi connectivity index (χ2n) is 4.06. The van der Waals surface area contributed by atoms with Crippen LogP contribution in [0.15, 0.2) is 41.3 Å². The molecular formula is C13H11N3O3S. The van der Waals surface area contributed by atoms with Crippen LogP contribution in [0.2, 0.25) is 0 Å². The summed E-state index contributed by atoms with van der Waals surface area (Å²) < 4.78 is 26.4. The lowest BCUT2D eigenvalue weighted by molar-refractivity contribution is 0.475. The molecule has 102 valence electrons. The van der Waals surface area contributed by atoms with E-state index < -0.39 is 10.0 Å². The van der Waals surface area contributed by atoms with Gasteiger partial charge in [0.25, 0.3) is 10.0 Å². The van der Waals surface area contributed by atoms with Crippen molar-refractivity contribution in [1.29, 1.82) is 5.26 Å². The lowest BCUT2D eigenvalue weighted by Crippen LogP contribution is -2.14. The van der Waals surface area contributed by atoms with Gasteiger partial charge in [0.15, 0.2) is 11.6 Å². The zero-order chi connectivity index (χ0) is 14.8. The SMILES string of the molecule is Cc1ccc(O)c(NS(=O)(=O)c2ccc(C#N)cc2)n1. The Morgan fingerprint density at radius 2 is 1.85 bits per heavy atom. The predicted octanol–water partition coefficient (Wildman–Crippen LogP) is 1.77. The summed E-state index contributed by atoms with van der Waals surface area (Å²) in [7, 11) is -3.86. The average molecular weight is 289 g/mol. The van der Waals surface area contributed by atoms with Crippen molar-refractivity contribution in [1.82, 2.24) is 4.98 Å². The van der Waals surface area contributed by atoms with E-state index in [0.717, 1.165) is 0 Å². The van der Waals surface area contributed by atoms with Crippen molar-refractivity contribution in [2.45, 2.75) is 11.8 Å². The summed E-state index contributed by atoms with van der Waals surface area (Å²) in [5.41, 5.74) is 0.931. The molecule has 2 N–H and O–H groups in total. The number of hydrogen-bond donors (Lipinski definition) is 2. The van der Waals surface area contributed by atoms with E-state index in [4.69, 9.17) is 5.26 Å². The van der Waals surface area contributed by atoms with E-state index >= 15 is 0 Å². The number of nitriles is 1. The fourth-order valence-electron chi connectivity index (χ4n) is 1.52. The molecule has 0 spiro atoms. The highest BCUT2D eigenvalue weighted by Crippen LogP contribution is 2.23. The van der Waals surface area contributed by atoms with Crippen LogP contribution in [0.25, 0.3) is 0 Å². The largest absolute Gasteiger partial charge is 0.504 e. The van der Waals surface area contributed by atoms with Gasteiger partial charge in [-0.25, -0.2) is 13.4 Å². The first-order valence-electron chi connectivity index (χ1n) is 5.62. The number of aryl methyl sites for hydroxylation is 1. The zero-order valence-electron chi connectivity index (χ0n) is 10.5. The molecule has 0 saturated carbocycles. The molecule has 0 fully saturated rings. The van der Waals surface area contributed by atoms with Gasteiger partial charge in [0.1, 0.15) is 0 Å². The molecule has 2 aromatic rings. The van der Waals surface area contributed by atoms with E-state index in [0.29, 0.717) is 11.3 Å². The molecule has 0 saturated heterocycles. The molecule has 0 aliphatic rings. The number of aromatic hydroxyl groups is 1. The van der Waals surface area contributed by atoms with Gasteiger partial charge in [-0.1, -0.05) is 0 Å². The van der Waals surface area contributed by atoms with E-state index in [9.17, 15) is 13.5 Å². The highest BCUT2D eigenvalue weighted by Gasteiger charge is 2.17. The summed E-state index contributed by atoms with van der Waals surface area (Å²) in [4.78, 5) is 3.91. The molecule has 0 unspecified atom stereocenters. The summed E-state index contributed by atoms with van der Waals surface area (Å²) in [6.07, 6.45) is 0. The predicted molar refractivity (Wildman–Crippen MR) is 72.6 cm³/mol. The summed E-state index contributed by atoms with van der Waals surface area (Å²) in [5.74, 6) is -0.387. The standard InChI is InChI=1S/C13H11N3O3S/c1-9-2-7-12(17)13(15-9)16-20(18,19)11-5-3-10(8-14)4-6-11/h2-7,17H,1H3,(H,15,16). The number of nitrogens with zero attached hydrogens (tertiary/aromatic N) is 2. The molecule has 0 radical (unpaired) electrons. The quantitative estimate of drug-likeness (QED) is 0.896. The van der Waals surface area contributed by atoms with Gasteiger partial charge in [0, 0.05) is 5.69 Å². The fraction of sp³-hybridized carbons (Fsp3) is 0.0769. The van der Waals surface area contributed by atoms with Crippen molar-refractivity contribution < 1.29 is 13.5 Å². The minimum atomic E-state index is -3.86. The molecule has 0 aliphatic carbocycles. The van der Waals surface area contributed by atoms with Crippen molar-refractivity contribution >= 4 is 15.8 Å². The highest BCUT2D eigenvalue weighted by atomic mass is 32.2. The molecule has 0 atom stereocenters. The smallest absolute Gasteiger partial charge is 0.263 e. The monoisotopic (exact) mass is 289 g/mol. The Morgan fingerprint density at radius 1 is 1.20 bits per heavy atom. The average Bonchev–Trinajstić information content (AvgIpc) is 2.43. The van der Waals surface area contributed by atoms with E-state index in [1.165, 1.54) is 30.3 Å². The van der Waals surface area contributed by atoms with Crippen LogP contribution in [0.5, 0.6) is 5.75 Å². The molecular weight excluding hydrogens is 278 g/mol. The van der Waals surface area contributed by atoms with Gasteiger partial charge in [-0.05, 0) is 43.3 Å². The Morgan fingerprint density at radius 3 is 2.45 bits per heavy atom. The topological polar surface area (TPSA) is 103 Å². The van der Waals surface area contributed by atoms with Gasteiger partial charge < -0.3 is 5.11 Å². The summed E-state index contributed by atoms with van der Waals surface area (Å²) in [6, 6.07) is 10.3. The fourth-order valence-corrected chi connectivity index (χ4v) is 2.54. The number of benzene rings is 1. The van der Waals surface area contributed by atoms with Gasteiger partial charge in [0.2, 0.25) is 0 Å².